The number of methoxy groups -OCH3 is 1. The molecular formula is C21H23N3O3S. The van der Waals surface area contributed by atoms with E-state index in [4.69, 9.17) is 17.0 Å². The van der Waals surface area contributed by atoms with E-state index >= 15 is 0 Å². The Hall–Kier alpha value is -2.90. The van der Waals surface area contributed by atoms with Gasteiger partial charge in [-0.2, -0.15) is 0 Å². The van der Waals surface area contributed by atoms with E-state index in [1.807, 2.05) is 55.5 Å². The smallest absolute Gasteiger partial charge is 0.253 e. The van der Waals surface area contributed by atoms with Crippen molar-refractivity contribution in [3.63, 3.8) is 0 Å². The van der Waals surface area contributed by atoms with Crippen LogP contribution in [-0.4, -0.2) is 40.4 Å². The number of rotatable bonds is 6. The van der Waals surface area contributed by atoms with E-state index in [2.05, 4.69) is 10.3 Å². The van der Waals surface area contributed by atoms with Crippen molar-refractivity contribution in [3.05, 3.63) is 70.0 Å². The molecule has 0 atom stereocenters. The summed E-state index contributed by atoms with van der Waals surface area (Å²) in [6.07, 6.45) is 0. The lowest BCUT2D eigenvalue weighted by atomic mass is 10.1. The van der Waals surface area contributed by atoms with Crippen LogP contribution < -0.4 is 15.6 Å². The molecule has 3 N–H and O–H groups in total. The van der Waals surface area contributed by atoms with E-state index in [-0.39, 0.29) is 12.2 Å². The first-order chi connectivity index (χ1) is 13.5. The summed E-state index contributed by atoms with van der Waals surface area (Å²) in [5.41, 5.74) is 3.15. The maximum absolute atomic E-state index is 12.5. The molecule has 28 heavy (non-hydrogen) atoms. The van der Waals surface area contributed by atoms with Crippen LogP contribution >= 0.6 is 12.2 Å². The van der Waals surface area contributed by atoms with E-state index in [0.29, 0.717) is 23.8 Å². The maximum Gasteiger partial charge on any atom is 0.253 e. The zero-order valence-electron chi connectivity index (χ0n) is 15.9. The zero-order chi connectivity index (χ0) is 20.1. The number of anilines is 1. The minimum absolute atomic E-state index is 0.0744. The van der Waals surface area contributed by atoms with Crippen LogP contribution in [-0.2, 0) is 6.54 Å². The van der Waals surface area contributed by atoms with Crippen LogP contribution in [0.15, 0.2) is 53.3 Å². The fraction of sp³-hybridized carbons (Fsp3) is 0.238. The average molecular weight is 398 g/mol. The lowest BCUT2D eigenvalue weighted by molar-refractivity contribution is 0.248. The Balaban J connectivity index is 1.81. The zero-order valence-corrected chi connectivity index (χ0v) is 16.7. The van der Waals surface area contributed by atoms with Gasteiger partial charge in [-0.1, -0.05) is 11.6 Å². The Kier molecular flexibility index (Phi) is 6.28. The Bertz CT molecular complexity index is 1030. The highest BCUT2D eigenvalue weighted by atomic mass is 32.1. The Morgan fingerprint density at radius 3 is 2.64 bits per heavy atom. The number of benzene rings is 2. The number of hydrogen-bond acceptors (Lipinski definition) is 4. The van der Waals surface area contributed by atoms with Gasteiger partial charge in [-0.05, 0) is 67.0 Å². The summed E-state index contributed by atoms with van der Waals surface area (Å²) in [5, 5.41) is 14.0. The summed E-state index contributed by atoms with van der Waals surface area (Å²) in [6.45, 7) is 2.54. The number of aliphatic hydroxyl groups excluding tert-OH is 1. The van der Waals surface area contributed by atoms with Crippen LogP contribution in [0.1, 0.15) is 11.1 Å². The van der Waals surface area contributed by atoms with E-state index < -0.39 is 0 Å². The second kappa shape index (κ2) is 8.86. The molecule has 0 bridgehead atoms. The van der Waals surface area contributed by atoms with E-state index in [1.165, 1.54) is 0 Å². The number of nitrogens with zero attached hydrogens (tertiary/aromatic N) is 1. The lowest BCUT2D eigenvalue weighted by Crippen LogP contribution is -2.37. The van der Waals surface area contributed by atoms with Gasteiger partial charge in [0.05, 0.1) is 20.3 Å². The SMILES string of the molecule is COc1ccc(NC(=S)N(CCO)Cc2cc3cc(C)ccc3[nH]c2=O)cc1. The molecule has 1 heterocycles. The average Bonchev–Trinajstić information content (AvgIpc) is 2.69. The molecule has 0 fully saturated rings. The molecule has 0 unspecified atom stereocenters. The van der Waals surface area contributed by atoms with E-state index in [9.17, 15) is 9.90 Å². The number of aromatic amines is 1. The standard InChI is InChI=1S/C21H23N3O3S/c1-14-3-8-19-15(11-14)12-16(20(26)23-19)13-24(9-10-25)21(28)22-17-4-6-18(27-2)7-5-17/h3-8,11-12,25H,9-10,13H2,1-2H3,(H,22,28)(H,23,26). The predicted octanol–water partition coefficient (Wildman–Crippen LogP) is 3.04. The number of aromatic nitrogens is 1. The summed E-state index contributed by atoms with van der Waals surface area (Å²) >= 11 is 5.50. The molecule has 146 valence electrons. The molecule has 0 saturated heterocycles. The van der Waals surface area contributed by atoms with Crippen molar-refractivity contribution in [1.82, 2.24) is 9.88 Å². The number of pyridine rings is 1. The minimum atomic E-state index is -0.161. The van der Waals surface area contributed by atoms with Crippen molar-refractivity contribution in [1.29, 1.82) is 0 Å². The highest BCUT2D eigenvalue weighted by Crippen LogP contribution is 2.17. The molecule has 0 spiro atoms. The number of ether oxygens (including phenoxy) is 1. The molecule has 0 saturated carbocycles. The largest absolute Gasteiger partial charge is 0.497 e. The molecule has 0 aliphatic rings. The number of thiocarbonyl (C=S) groups is 1. The predicted molar refractivity (Wildman–Crippen MR) is 116 cm³/mol. The normalized spacial score (nSPS) is 10.7. The van der Waals surface area contributed by atoms with Gasteiger partial charge in [-0.25, -0.2) is 0 Å². The van der Waals surface area contributed by atoms with Gasteiger partial charge in [-0.3, -0.25) is 4.79 Å². The van der Waals surface area contributed by atoms with E-state index in [1.54, 1.807) is 12.0 Å². The highest BCUT2D eigenvalue weighted by molar-refractivity contribution is 7.80. The van der Waals surface area contributed by atoms with Crippen LogP contribution in [0.5, 0.6) is 5.75 Å². The molecule has 3 aromatic rings. The second-order valence-electron chi connectivity index (χ2n) is 6.52. The molecule has 0 amide bonds. The molecule has 0 aliphatic heterocycles. The van der Waals surface area contributed by atoms with Crippen LogP contribution in [0, 0.1) is 6.92 Å². The van der Waals surface area contributed by atoms with Crippen molar-refractivity contribution >= 4 is 33.9 Å². The van der Waals surface area contributed by atoms with Crippen molar-refractivity contribution in [2.75, 3.05) is 25.6 Å². The summed E-state index contributed by atoms with van der Waals surface area (Å²) in [6, 6.07) is 15.1. The monoisotopic (exact) mass is 397 g/mol. The van der Waals surface area contributed by atoms with Gasteiger partial charge in [0.25, 0.3) is 5.56 Å². The van der Waals surface area contributed by atoms with Gasteiger partial charge in [-0.15, -0.1) is 0 Å². The molecule has 6 nitrogen and oxygen atoms in total. The Morgan fingerprint density at radius 1 is 1.21 bits per heavy atom. The Labute approximate surface area is 168 Å². The quantitative estimate of drug-likeness (QED) is 0.555. The van der Waals surface area contributed by atoms with Crippen LogP contribution in [0.25, 0.3) is 10.9 Å². The Morgan fingerprint density at radius 2 is 1.96 bits per heavy atom. The first-order valence-electron chi connectivity index (χ1n) is 8.93. The molecule has 7 heteroatoms. The number of aryl methyl sites for hydroxylation is 1. The van der Waals surface area contributed by atoms with Crippen molar-refractivity contribution in [2.24, 2.45) is 0 Å². The second-order valence-corrected chi connectivity index (χ2v) is 6.90. The number of aliphatic hydroxyl groups is 1. The van der Waals surface area contributed by atoms with Crippen molar-refractivity contribution in [2.45, 2.75) is 13.5 Å². The van der Waals surface area contributed by atoms with Gasteiger partial charge in [0, 0.05) is 23.3 Å². The highest BCUT2D eigenvalue weighted by Gasteiger charge is 2.13. The van der Waals surface area contributed by atoms with Gasteiger partial charge in [0.15, 0.2) is 5.11 Å². The molecule has 2 aromatic carbocycles. The summed E-state index contributed by atoms with van der Waals surface area (Å²) in [7, 11) is 1.61. The topological polar surface area (TPSA) is 77.6 Å². The number of nitrogens with one attached hydrogen (secondary N) is 2. The van der Waals surface area contributed by atoms with Crippen LogP contribution in [0.2, 0.25) is 0 Å². The number of hydrogen-bond donors (Lipinski definition) is 3. The van der Waals surface area contributed by atoms with Crippen molar-refractivity contribution < 1.29 is 9.84 Å². The van der Waals surface area contributed by atoms with Crippen molar-refractivity contribution in [3.8, 4) is 5.75 Å². The van der Waals surface area contributed by atoms with Crippen LogP contribution in [0.4, 0.5) is 5.69 Å². The number of H-pyrrole nitrogens is 1. The summed E-state index contributed by atoms with van der Waals surface area (Å²) < 4.78 is 5.15. The van der Waals surface area contributed by atoms with Crippen LogP contribution in [0.3, 0.4) is 0 Å². The molecule has 3 rings (SSSR count). The van der Waals surface area contributed by atoms with Gasteiger partial charge < -0.3 is 25.0 Å². The fourth-order valence-corrected chi connectivity index (χ4v) is 3.22. The molecular weight excluding hydrogens is 374 g/mol. The third kappa shape index (κ3) is 4.68. The number of fused-ring (bicyclic) bond motifs is 1. The third-order valence-electron chi connectivity index (χ3n) is 4.44. The molecule has 1 aromatic heterocycles. The first-order valence-corrected chi connectivity index (χ1v) is 9.34. The summed E-state index contributed by atoms with van der Waals surface area (Å²) in [4.78, 5) is 17.2. The minimum Gasteiger partial charge on any atom is -0.497 e. The molecule has 0 aliphatic carbocycles. The van der Waals surface area contributed by atoms with Gasteiger partial charge >= 0.3 is 0 Å². The lowest BCUT2D eigenvalue weighted by Gasteiger charge is -2.25. The summed E-state index contributed by atoms with van der Waals surface area (Å²) in [5.74, 6) is 0.752. The fourth-order valence-electron chi connectivity index (χ4n) is 2.94. The maximum atomic E-state index is 12.5. The third-order valence-corrected chi connectivity index (χ3v) is 4.80. The molecule has 0 radical (unpaired) electrons. The first kappa shape index (κ1) is 19.9. The van der Waals surface area contributed by atoms with Gasteiger partial charge in [0.1, 0.15) is 5.75 Å². The van der Waals surface area contributed by atoms with Gasteiger partial charge in [0.2, 0.25) is 0 Å². The van der Waals surface area contributed by atoms with E-state index in [0.717, 1.165) is 27.9 Å².